The summed E-state index contributed by atoms with van der Waals surface area (Å²) < 4.78 is 0. The molecule has 2 aromatic rings. The lowest BCUT2D eigenvalue weighted by molar-refractivity contribution is 0.206. The molecule has 0 radical (unpaired) electrons. The number of nitrogen functional groups attached to an aromatic ring is 1. The molecule has 1 aliphatic heterocycles. The number of nitrogens with zero attached hydrogens (tertiary/aromatic N) is 1. The van der Waals surface area contributed by atoms with E-state index in [-0.39, 0.29) is 6.03 Å². The van der Waals surface area contributed by atoms with E-state index in [1.807, 2.05) is 48.2 Å². The number of amides is 2. The number of hydrogen-bond acceptors (Lipinski definition) is 2. The lowest BCUT2D eigenvalue weighted by atomic mass is 9.99. The molecule has 3 N–H and O–H groups in total. The number of fused-ring (bicyclic) bond motifs is 1. The summed E-state index contributed by atoms with van der Waals surface area (Å²) in [4.78, 5) is 14.2. The van der Waals surface area contributed by atoms with Crippen LogP contribution in [0.3, 0.4) is 0 Å². The summed E-state index contributed by atoms with van der Waals surface area (Å²) in [5.41, 5.74) is 11.0. The smallest absolute Gasteiger partial charge is 0.322 e. The maximum absolute atomic E-state index is 12.4. The van der Waals surface area contributed by atoms with Crippen LogP contribution in [-0.2, 0) is 13.0 Å². The quantitative estimate of drug-likeness (QED) is 0.789. The molecule has 4 heteroatoms. The van der Waals surface area contributed by atoms with E-state index < -0.39 is 0 Å². The molecule has 0 saturated heterocycles. The summed E-state index contributed by atoms with van der Waals surface area (Å²) in [5.74, 6) is 0. The van der Waals surface area contributed by atoms with E-state index >= 15 is 0 Å². The van der Waals surface area contributed by atoms with E-state index in [1.54, 1.807) is 0 Å². The van der Waals surface area contributed by atoms with Gasteiger partial charge in [-0.15, -0.1) is 0 Å². The van der Waals surface area contributed by atoms with E-state index in [1.165, 1.54) is 5.56 Å². The summed E-state index contributed by atoms with van der Waals surface area (Å²) in [7, 11) is 0. The van der Waals surface area contributed by atoms with Gasteiger partial charge in [0.1, 0.15) is 0 Å². The van der Waals surface area contributed by atoms with Crippen LogP contribution in [0.25, 0.3) is 0 Å². The Bertz CT molecular complexity index is 681. The van der Waals surface area contributed by atoms with Crippen LogP contribution in [0.4, 0.5) is 16.2 Å². The van der Waals surface area contributed by atoms with Crippen molar-refractivity contribution in [3.63, 3.8) is 0 Å². The fourth-order valence-corrected chi connectivity index (χ4v) is 2.68. The van der Waals surface area contributed by atoms with E-state index in [4.69, 9.17) is 5.73 Å². The maximum atomic E-state index is 12.4. The van der Waals surface area contributed by atoms with E-state index in [0.29, 0.717) is 6.54 Å². The Labute approximate surface area is 124 Å². The monoisotopic (exact) mass is 281 g/mol. The number of nitrogens with one attached hydrogen (secondary N) is 1. The van der Waals surface area contributed by atoms with Gasteiger partial charge in [-0.05, 0) is 54.3 Å². The van der Waals surface area contributed by atoms with Crippen molar-refractivity contribution in [3.8, 4) is 0 Å². The highest BCUT2D eigenvalue weighted by Gasteiger charge is 2.20. The first kappa shape index (κ1) is 13.5. The highest BCUT2D eigenvalue weighted by molar-refractivity contribution is 5.89. The molecule has 21 heavy (non-hydrogen) atoms. The van der Waals surface area contributed by atoms with Crippen molar-refractivity contribution in [1.82, 2.24) is 4.90 Å². The minimum Gasteiger partial charge on any atom is -0.399 e. The zero-order valence-corrected chi connectivity index (χ0v) is 12.1. The maximum Gasteiger partial charge on any atom is 0.322 e. The molecule has 0 unspecified atom stereocenters. The first-order chi connectivity index (χ1) is 10.1. The van der Waals surface area contributed by atoms with Crippen LogP contribution in [0.1, 0.15) is 16.7 Å². The van der Waals surface area contributed by atoms with Gasteiger partial charge < -0.3 is 16.0 Å². The molecule has 4 nitrogen and oxygen atoms in total. The van der Waals surface area contributed by atoms with Gasteiger partial charge in [-0.3, -0.25) is 0 Å². The highest BCUT2D eigenvalue weighted by Crippen LogP contribution is 2.22. The minimum absolute atomic E-state index is 0.0614. The Kier molecular flexibility index (Phi) is 3.52. The van der Waals surface area contributed by atoms with Crippen LogP contribution < -0.4 is 11.1 Å². The van der Waals surface area contributed by atoms with Gasteiger partial charge in [0, 0.05) is 24.5 Å². The second kappa shape index (κ2) is 5.48. The molecule has 0 aromatic heterocycles. The van der Waals surface area contributed by atoms with Crippen molar-refractivity contribution >= 4 is 17.4 Å². The van der Waals surface area contributed by atoms with Gasteiger partial charge >= 0.3 is 6.03 Å². The molecule has 0 spiro atoms. The number of benzene rings is 2. The first-order valence-corrected chi connectivity index (χ1v) is 7.12. The number of carbonyl (C=O) groups is 1. The van der Waals surface area contributed by atoms with Crippen LogP contribution in [-0.4, -0.2) is 17.5 Å². The molecule has 3 rings (SSSR count). The molecule has 0 atom stereocenters. The number of aryl methyl sites for hydroxylation is 1. The zero-order chi connectivity index (χ0) is 14.8. The number of hydrogen-bond donors (Lipinski definition) is 2. The molecular weight excluding hydrogens is 262 g/mol. The molecule has 1 heterocycles. The second-order valence-corrected chi connectivity index (χ2v) is 5.50. The first-order valence-electron chi connectivity index (χ1n) is 7.12. The van der Waals surface area contributed by atoms with E-state index in [0.717, 1.165) is 35.5 Å². The van der Waals surface area contributed by atoms with Crippen molar-refractivity contribution in [2.24, 2.45) is 0 Å². The van der Waals surface area contributed by atoms with Gasteiger partial charge in [0.25, 0.3) is 0 Å². The molecule has 1 aliphatic rings. The summed E-state index contributed by atoms with van der Waals surface area (Å²) >= 11 is 0. The predicted octanol–water partition coefficient (Wildman–Crippen LogP) is 3.17. The Hall–Kier alpha value is -2.49. The van der Waals surface area contributed by atoms with Crippen molar-refractivity contribution < 1.29 is 4.79 Å². The largest absolute Gasteiger partial charge is 0.399 e. The van der Waals surface area contributed by atoms with Gasteiger partial charge in [-0.25, -0.2) is 4.79 Å². The Balaban J connectivity index is 1.72. The third-order valence-corrected chi connectivity index (χ3v) is 3.80. The molecule has 2 amide bonds. The number of nitrogens with two attached hydrogens (primary N) is 1. The molecule has 0 aliphatic carbocycles. The lowest BCUT2D eigenvalue weighted by Crippen LogP contribution is -2.38. The second-order valence-electron chi connectivity index (χ2n) is 5.50. The number of rotatable bonds is 1. The lowest BCUT2D eigenvalue weighted by Gasteiger charge is -2.29. The molecule has 0 saturated carbocycles. The Morgan fingerprint density at radius 2 is 2.05 bits per heavy atom. The fraction of sp³-hybridized carbons (Fsp3) is 0.235. The van der Waals surface area contributed by atoms with Crippen LogP contribution in [0.5, 0.6) is 0 Å². The Morgan fingerprint density at radius 3 is 2.86 bits per heavy atom. The third kappa shape index (κ3) is 2.99. The van der Waals surface area contributed by atoms with Gasteiger partial charge in [-0.1, -0.05) is 18.2 Å². The average molecular weight is 281 g/mol. The predicted molar refractivity (Wildman–Crippen MR) is 85.2 cm³/mol. The standard InChI is InChI=1S/C17H19N3O/c1-12-3-2-4-16(9-12)19-17(21)20-8-7-13-5-6-15(18)10-14(13)11-20/h2-6,9-10H,7-8,11,18H2,1H3,(H,19,21). The van der Waals surface area contributed by atoms with Crippen LogP contribution in [0.15, 0.2) is 42.5 Å². The zero-order valence-electron chi connectivity index (χ0n) is 12.1. The van der Waals surface area contributed by atoms with E-state index in [2.05, 4.69) is 11.4 Å². The minimum atomic E-state index is -0.0614. The Morgan fingerprint density at radius 1 is 1.19 bits per heavy atom. The van der Waals surface area contributed by atoms with Crippen LogP contribution in [0.2, 0.25) is 0 Å². The summed E-state index contributed by atoms with van der Waals surface area (Å²) in [6.45, 7) is 3.35. The molecule has 0 fully saturated rings. The molecule has 2 aromatic carbocycles. The van der Waals surface area contributed by atoms with Crippen LogP contribution in [0, 0.1) is 6.92 Å². The van der Waals surface area contributed by atoms with Crippen molar-refractivity contribution in [3.05, 3.63) is 59.2 Å². The van der Waals surface area contributed by atoms with Crippen molar-refractivity contribution in [1.29, 1.82) is 0 Å². The SMILES string of the molecule is Cc1cccc(NC(=O)N2CCc3ccc(N)cc3C2)c1. The third-order valence-electron chi connectivity index (χ3n) is 3.80. The van der Waals surface area contributed by atoms with Crippen LogP contribution >= 0.6 is 0 Å². The summed E-state index contributed by atoms with van der Waals surface area (Å²) in [6.07, 6.45) is 0.872. The van der Waals surface area contributed by atoms with Crippen molar-refractivity contribution in [2.75, 3.05) is 17.6 Å². The number of urea groups is 1. The topological polar surface area (TPSA) is 58.4 Å². The number of carbonyl (C=O) groups excluding carboxylic acids is 1. The highest BCUT2D eigenvalue weighted by atomic mass is 16.2. The number of anilines is 2. The van der Waals surface area contributed by atoms with E-state index in [9.17, 15) is 4.79 Å². The summed E-state index contributed by atoms with van der Waals surface area (Å²) in [5, 5.41) is 2.95. The normalized spacial score (nSPS) is 13.7. The van der Waals surface area contributed by atoms with Crippen molar-refractivity contribution in [2.45, 2.75) is 19.9 Å². The van der Waals surface area contributed by atoms with Gasteiger partial charge in [0.15, 0.2) is 0 Å². The molecule has 0 bridgehead atoms. The fourth-order valence-electron chi connectivity index (χ4n) is 2.68. The average Bonchev–Trinajstić information content (AvgIpc) is 2.46. The van der Waals surface area contributed by atoms with Gasteiger partial charge in [-0.2, -0.15) is 0 Å². The molecule has 108 valence electrons. The van der Waals surface area contributed by atoms with Gasteiger partial charge in [0.05, 0.1) is 0 Å². The molecular formula is C17H19N3O. The summed E-state index contributed by atoms with van der Waals surface area (Å²) in [6, 6.07) is 13.7. The van der Waals surface area contributed by atoms with Gasteiger partial charge in [0.2, 0.25) is 0 Å².